The maximum Gasteiger partial charge on any atom is 0.335 e. The van der Waals surface area contributed by atoms with Crippen LogP contribution in [0.15, 0.2) is 18.3 Å². The quantitative estimate of drug-likeness (QED) is 0.739. The van der Waals surface area contributed by atoms with Crippen LogP contribution in [-0.2, 0) is 6.54 Å². The van der Waals surface area contributed by atoms with Crippen LogP contribution in [-0.4, -0.2) is 28.6 Å². The van der Waals surface area contributed by atoms with Crippen molar-refractivity contribution in [3.63, 3.8) is 0 Å². The van der Waals surface area contributed by atoms with Crippen LogP contribution in [0.5, 0.6) is 0 Å². The number of carbonyl (C=O) groups is 2. The summed E-state index contributed by atoms with van der Waals surface area (Å²) in [5.74, 6) is -1.00. The lowest BCUT2D eigenvalue weighted by atomic mass is 10.0. The first kappa shape index (κ1) is 14.3. The smallest absolute Gasteiger partial charge is 0.335 e. The lowest BCUT2D eigenvalue weighted by Gasteiger charge is -2.13. The summed E-state index contributed by atoms with van der Waals surface area (Å²) in [6.45, 7) is 3.04. The number of nitrogens with one attached hydrogen (secondary N) is 2. The highest BCUT2D eigenvalue weighted by Crippen LogP contribution is 2.47. The standard InChI is InChI=1S/C14H19N3O3/c1-2-14(4-5-14)9-17-13(20)16-8-11-7-10(12(18)19)3-6-15-11/h3,6-7H,2,4-5,8-9H2,1H3,(H,18,19)(H2,16,17,20). The van der Waals surface area contributed by atoms with Gasteiger partial charge in [0.25, 0.3) is 0 Å². The molecule has 0 spiro atoms. The third kappa shape index (κ3) is 3.69. The molecule has 1 aliphatic rings. The number of rotatable bonds is 6. The van der Waals surface area contributed by atoms with E-state index >= 15 is 0 Å². The average Bonchev–Trinajstić information content (AvgIpc) is 3.24. The van der Waals surface area contributed by atoms with Gasteiger partial charge in [-0.25, -0.2) is 9.59 Å². The van der Waals surface area contributed by atoms with Crippen molar-refractivity contribution in [1.82, 2.24) is 15.6 Å². The first-order valence-electron chi connectivity index (χ1n) is 6.75. The minimum atomic E-state index is -1.00. The van der Waals surface area contributed by atoms with Crippen LogP contribution < -0.4 is 10.6 Å². The van der Waals surface area contributed by atoms with Gasteiger partial charge in [0.1, 0.15) is 0 Å². The summed E-state index contributed by atoms with van der Waals surface area (Å²) in [6, 6.07) is 2.63. The van der Waals surface area contributed by atoms with Crippen LogP contribution in [0.3, 0.4) is 0 Å². The molecule has 1 heterocycles. The zero-order valence-electron chi connectivity index (χ0n) is 11.5. The molecule has 0 aliphatic heterocycles. The fourth-order valence-corrected chi connectivity index (χ4v) is 2.04. The van der Waals surface area contributed by atoms with E-state index in [4.69, 9.17) is 5.11 Å². The number of carbonyl (C=O) groups excluding carboxylic acids is 1. The Morgan fingerprint density at radius 1 is 1.40 bits per heavy atom. The van der Waals surface area contributed by atoms with Crippen molar-refractivity contribution in [3.8, 4) is 0 Å². The fourth-order valence-electron chi connectivity index (χ4n) is 2.04. The summed E-state index contributed by atoms with van der Waals surface area (Å²) >= 11 is 0. The molecule has 6 nitrogen and oxygen atoms in total. The van der Waals surface area contributed by atoms with Gasteiger partial charge in [0, 0.05) is 12.7 Å². The lowest BCUT2D eigenvalue weighted by molar-refractivity contribution is 0.0696. The van der Waals surface area contributed by atoms with Crippen molar-refractivity contribution < 1.29 is 14.7 Å². The zero-order chi connectivity index (χ0) is 14.6. The van der Waals surface area contributed by atoms with Crippen molar-refractivity contribution >= 4 is 12.0 Å². The summed E-state index contributed by atoms with van der Waals surface area (Å²) in [6.07, 6.45) is 4.85. The number of carboxylic acid groups (broad SMARTS) is 1. The fraction of sp³-hybridized carbons (Fsp3) is 0.500. The van der Waals surface area contributed by atoms with Crippen LogP contribution in [0, 0.1) is 5.41 Å². The van der Waals surface area contributed by atoms with Crippen molar-refractivity contribution in [1.29, 1.82) is 0 Å². The number of nitrogens with zero attached hydrogens (tertiary/aromatic N) is 1. The Balaban J connectivity index is 1.78. The average molecular weight is 277 g/mol. The van der Waals surface area contributed by atoms with Crippen LogP contribution in [0.4, 0.5) is 4.79 Å². The molecule has 0 aromatic carbocycles. The van der Waals surface area contributed by atoms with Gasteiger partial charge in [-0.1, -0.05) is 6.92 Å². The number of aromatic nitrogens is 1. The minimum absolute atomic E-state index is 0.167. The molecular formula is C14H19N3O3. The number of hydrogen-bond donors (Lipinski definition) is 3. The molecule has 20 heavy (non-hydrogen) atoms. The highest BCUT2D eigenvalue weighted by molar-refractivity contribution is 5.87. The van der Waals surface area contributed by atoms with E-state index in [1.807, 2.05) is 0 Å². The topological polar surface area (TPSA) is 91.3 Å². The Kier molecular flexibility index (Phi) is 4.22. The van der Waals surface area contributed by atoms with Gasteiger partial charge < -0.3 is 15.7 Å². The maximum atomic E-state index is 11.7. The second-order valence-corrected chi connectivity index (χ2v) is 5.23. The Bertz CT molecular complexity index is 512. The van der Waals surface area contributed by atoms with Gasteiger partial charge in [0.05, 0.1) is 17.8 Å². The van der Waals surface area contributed by atoms with E-state index in [9.17, 15) is 9.59 Å². The molecule has 1 aromatic rings. The van der Waals surface area contributed by atoms with E-state index in [-0.39, 0.29) is 18.1 Å². The number of amides is 2. The molecule has 0 saturated heterocycles. The summed E-state index contributed by atoms with van der Waals surface area (Å²) in [4.78, 5) is 26.5. The molecule has 1 aliphatic carbocycles. The lowest BCUT2D eigenvalue weighted by Crippen LogP contribution is -2.38. The van der Waals surface area contributed by atoms with E-state index in [1.165, 1.54) is 31.2 Å². The van der Waals surface area contributed by atoms with Crippen LogP contribution >= 0.6 is 0 Å². The van der Waals surface area contributed by atoms with Gasteiger partial charge in [-0.05, 0) is 36.8 Å². The monoisotopic (exact) mass is 277 g/mol. The van der Waals surface area contributed by atoms with E-state index in [2.05, 4.69) is 22.5 Å². The Hall–Kier alpha value is -2.11. The molecule has 6 heteroatoms. The Labute approximate surface area is 117 Å². The number of pyridine rings is 1. The van der Waals surface area contributed by atoms with Gasteiger partial charge in [0.2, 0.25) is 0 Å². The second kappa shape index (κ2) is 5.90. The molecule has 0 unspecified atom stereocenters. The number of urea groups is 1. The molecule has 0 radical (unpaired) electrons. The van der Waals surface area contributed by atoms with Gasteiger partial charge in [-0.15, -0.1) is 0 Å². The van der Waals surface area contributed by atoms with Gasteiger partial charge in [0.15, 0.2) is 0 Å². The number of aromatic carboxylic acids is 1. The third-order valence-corrected chi connectivity index (χ3v) is 3.82. The summed E-state index contributed by atoms with van der Waals surface area (Å²) in [7, 11) is 0. The molecule has 3 N–H and O–H groups in total. The van der Waals surface area contributed by atoms with E-state index in [0.29, 0.717) is 17.7 Å². The highest BCUT2D eigenvalue weighted by atomic mass is 16.4. The van der Waals surface area contributed by atoms with Gasteiger partial charge >= 0.3 is 12.0 Å². The molecule has 0 bridgehead atoms. The molecule has 2 amide bonds. The second-order valence-electron chi connectivity index (χ2n) is 5.23. The zero-order valence-corrected chi connectivity index (χ0v) is 11.5. The SMILES string of the molecule is CCC1(CNC(=O)NCc2cc(C(=O)O)ccn2)CC1. The van der Waals surface area contributed by atoms with Gasteiger partial charge in [-0.2, -0.15) is 0 Å². The van der Waals surface area contributed by atoms with E-state index in [1.54, 1.807) is 0 Å². The predicted octanol–water partition coefficient (Wildman–Crippen LogP) is 1.77. The number of carboxylic acids is 1. The van der Waals surface area contributed by atoms with Crippen molar-refractivity contribution in [2.45, 2.75) is 32.7 Å². The van der Waals surface area contributed by atoms with E-state index in [0.717, 1.165) is 6.42 Å². The van der Waals surface area contributed by atoms with Gasteiger partial charge in [-0.3, -0.25) is 4.98 Å². The Morgan fingerprint density at radius 2 is 2.15 bits per heavy atom. The molecule has 0 atom stereocenters. The summed E-state index contributed by atoms with van der Waals surface area (Å²) in [5, 5.41) is 14.4. The molecular weight excluding hydrogens is 258 g/mol. The normalized spacial score (nSPS) is 15.4. The van der Waals surface area contributed by atoms with Crippen LogP contribution in [0.25, 0.3) is 0 Å². The molecule has 108 valence electrons. The number of hydrogen-bond acceptors (Lipinski definition) is 3. The first-order chi connectivity index (χ1) is 9.54. The molecule has 2 rings (SSSR count). The Morgan fingerprint density at radius 3 is 2.75 bits per heavy atom. The third-order valence-electron chi connectivity index (χ3n) is 3.82. The molecule has 1 fully saturated rings. The van der Waals surface area contributed by atoms with Crippen LogP contribution in [0.1, 0.15) is 42.2 Å². The maximum absolute atomic E-state index is 11.7. The largest absolute Gasteiger partial charge is 0.478 e. The predicted molar refractivity (Wildman–Crippen MR) is 73.4 cm³/mol. The minimum Gasteiger partial charge on any atom is -0.478 e. The van der Waals surface area contributed by atoms with Crippen molar-refractivity contribution in [3.05, 3.63) is 29.6 Å². The van der Waals surface area contributed by atoms with E-state index < -0.39 is 5.97 Å². The highest BCUT2D eigenvalue weighted by Gasteiger charge is 2.40. The van der Waals surface area contributed by atoms with Crippen molar-refractivity contribution in [2.75, 3.05) is 6.54 Å². The molecule has 1 saturated carbocycles. The first-order valence-corrected chi connectivity index (χ1v) is 6.75. The van der Waals surface area contributed by atoms with Crippen LogP contribution in [0.2, 0.25) is 0 Å². The summed E-state index contributed by atoms with van der Waals surface area (Å²) < 4.78 is 0. The molecule has 1 aromatic heterocycles. The van der Waals surface area contributed by atoms with Crippen molar-refractivity contribution in [2.24, 2.45) is 5.41 Å². The summed E-state index contributed by atoms with van der Waals surface area (Å²) in [5.41, 5.74) is 0.996.